The Balaban J connectivity index is 1.65. The van der Waals surface area contributed by atoms with E-state index >= 15 is 0 Å². The predicted octanol–water partition coefficient (Wildman–Crippen LogP) is 0.973. The van der Waals surface area contributed by atoms with Gasteiger partial charge in [-0.2, -0.15) is 10.1 Å². The molecule has 1 N–H and O–H groups in total. The lowest BCUT2D eigenvalue weighted by atomic mass is 10.2. The van der Waals surface area contributed by atoms with E-state index in [2.05, 4.69) is 20.5 Å². The summed E-state index contributed by atoms with van der Waals surface area (Å²) in [5.74, 6) is 1.10. The van der Waals surface area contributed by atoms with Gasteiger partial charge in [-0.15, -0.1) is 0 Å². The van der Waals surface area contributed by atoms with Crippen LogP contribution in [-0.4, -0.2) is 37.0 Å². The zero-order valence-electron chi connectivity index (χ0n) is 16.4. The van der Waals surface area contributed by atoms with Gasteiger partial charge in [0, 0.05) is 26.5 Å². The number of ether oxygens (including phenoxy) is 1. The molecule has 1 aromatic carbocycles. The number of pyridine rings is 1. The lowest BCUT2D eigenvalue weighted by Crippen LogP contribution is -2.37. The summed E-state index contributed by atoms with van der Waals surface area (Å²) in [7, 11) is 6.30. The van der Waals surface area contributed by atoms with Gasteiger partial charge >= 0.3 is 5.69 Å². The highest BCUT2D eigenvalue weighted by Crippen LogP contribution is 2.19. The summed E-state index contributed by atoms with van der Waals surface area (Å²) in [4.78, 5) is 33.3. The summed E-state index contributed by atoms with van der Waals surface area (Å²) in [5.41, 5.74) is 4.02. The summed E-state index contributed by atoms with van der Waals surface area (Å²) < 4.78 is 9.15. The van der Waals surface area contributed by atoms with Crippen molar-refractivity contribution in [3.63, 3.8) is 0 Å². The van der Waals surface area contributed by atoms with E-state index in [1.807, 2.05) is 30.3 Å². The molecule has 0 fully saturated rings. The standard InChI is InChI=1S/C19H19N7O3/c1-24-15-16(25(2)19(28)26(3)17(15)27)22-18(24)23-20-10-12-6-5-11-9-13(29-4)7-8-14(11)21-12/h5-10H,1-4H3,(H,22,23)/b20-10+. The number of imidazole rings is 1. The third kappa shape index (κ3) is 3.04. The van der Waals surface area contributed by atoms with Crippen LogP contribution in [0.4, 0.5) is 5.95 Å². The topological polar surface area (TPSA) is 108 Å². The number of hydrazone groups is 1. The molecule has 0 amide bonds. The summed E-state index contributed by atoms with van der Waals surface area (Å²) in [6, 6.07) is 9.40. The molecular weight excluding hydrogens is 374 g/mol. The second-order valence-corrected chi connectivity index (χ2v) is 6.54. The van der Waals surface area contributed by atoms with Crippen molar-refractivity contribution in [1.29, 1.82) is 0 Å². The Morgan fingerprint density at radius 1 is 1.03 bits per heavy atom. The van der Waals surface area contributed by atoms with Crippen LogP contribution in [0.5, 0.6) is 5.75 Å². The minimum Gasteiger partial charge on any atom is -0.497 e. The van der Waals surface area contributed by atoms with Crippen LogP contribution in [0.1, 0.15) is 5.69 Å². The minimum atomic E-state index is -0.437. The fourth-order valence-corrected chi connectivity index (χ4v) is 3.09. The smallest absolute Gasteiger partial charge is 0.332 e. The van der Waals surface area contributed by atoms with Crippen LogP contribution in [0.2, 0.25) is 0 Å². The molecule has 3 heterocycles. The molecule has 0 atom stereocenters. The van der Waals surface area contributed by atoms with Gasteiger partial charge in [-0.25, -0.2) is 15.2 Å². The number of hydrogen-bond donors (Lipinski definition) is 1. The largest absolute Gasteiger partial charge is 0.497 e. The van der Waals surface area contributed by atoms with Gasteiger partial charge < -0.3 is 9.30 Å². The van der Waals surface area contributed by atoms with Crippen LogP contribution < -0.4 is 21.4 Å². The van der Waals surface area contributed by atoms with Crippen LogP contribution >= 0.6 is 0 Å². The van der Waals surface area contributed by atoms with E-state index in [0.29, 0.717) is 17.2 Å². The van der Waals surface area contributed by atoms with Gasteiger partial charge in [-0.05, 0) is 24.3 Å². The summed E-state index contributed by atoms with van der Waals surface area (Å²) in [6.45, 7) is 0. The van der Waals surface area contributed by atoms with Crippen LogP contribution in [0.25, 0.3) is 22.1 Å². The molecule has 0 saturated carbocycles. The molecule has 0 bridgehead atoms. The van der Waals surface area contributed by atoms with Crippen LogP contribution in [0, 0.1) is 0 Å². The molecule has 0 unspecified atom stereocenters. The monoisotopic (exact) mass is 393 g/mol. The Kier molecular flexibility index (Phi) is 4.38. The van der Waals surface area contributed by atoms with Crippen molar-refractivity contribution in [2.24, 2.45) is 26.2 Å². The number of hydrogen-bond acceptors (Lipinski definition) is 7. The summed E-state index contributed by atoms with van der Waals surface area (Å²) in [5, 5.41) is 5.13. The second-order valence-electron chi connectivity index (χ2n) is 6.54. The van der Waals surface area contributed by atoms with E-state index in [4.69, 9.17) is 4.74 Å². The van der Waals surface area contributed by atoms with E-state index in [0.717, 1.165) is 21.2 Å². The van der Waals surface area contributed by atoms with E-state index in [9.17, 15) is 9.59 Å². The molecule has 3 aromatic heterocycles. The van der Waals surface area contributed by atoms with Crippen LogP contribution in [0.15, 0.2) is 45.0 Å². The van der Waals surface area contributed by atoms with Gasteiger partial charge in [0.05, 0.1) is 24.5 Å². The second kappa shape index (κ2) is 6.89. The molecule has 148 valence electrons. The van der Waals surface area contributed by atoms with E-state index in [-0.39, 0.29) is 5.65 Å². The molecule has 0 aliphatic heterocycles. The number of methoxy groups -OCH3 is 1. The molecule has 4 rings (SSSR count). The maximum absolute atomic E-state index is 12.4. The van der Waals surface area contributed by atoms with Crippen molar-refractivity contribution < 1.29 is 4.74 Å². The highest BCUT2D eigenvalue weighted by Gasteiger charge is 2.16. The lowest BCUT2D eigenvalue weighted by Gasteiger charge is -2.03. The van der Waals surface area contributed by atoms with Crippen molar-refractivity contribution in [1.82, 2.24) is 23.7 Å². The quantitative estimate of drug-likeness (QED) is 0.409. The third-order valence-electron chi connectivity index (χ3n) is 4.75. The minimum absolute atomic E-state index is 0.288. The van der Waals surface area contributed by atoms with E-state index < -0.39 is 11.2 Å². The molecule has 0 saturated heterocycles. The molecule has 0 aliphatic carbocycles. The lowest BCUT2D eigenvalue weighted by molar-refractivity contribution is 0.415. The number of nitrogens with zero attached hydrogens (tertiary/aromatic N) is 6. The fourth-order valence-electron chi connectivity index (χ4n) is 3.09. The molecule has 29 heavy (non-hydrogen) atoms. The number of aromatic nitrogens is 5. The first-order valence-electron chi connectivity index (χ1n) is 8.77. The number of aryl methyl sites for hydroxylation is 2. The molecule has 4 aromatic rings. The highest BCUT2D eigenvalue weighted by molar-refractivity contribution is 5.86. The van der Waals surface area contributed by atoms with Crippen molar-refractivity contribution in [2.75, 3.05) is 12.5 Å². The van der Waals surface area contributed by atoms with Crippen molar-refractivity contribution in [2.45, 2.75) is 0 Å². The van der Waals surface area contributed by atoms with E-state index in [1.165, 1.54) is 11.6 Å². The van der Waals surface area contributed by atoms with Crippen molar-refractivity contribution in [3.8, 4) is 5.75 Å². The molecule has 0 radical (unpaired) electrons. The maximum atomic E-state index is 12.4. The molecule has 0 aliphatic rings. The number of nitrogens with one attached hydrogen (secondary N) is 1. The average molecular weight is 393 g/mol. The number of rotatable bonds is 4. The van der Waals surface area contributed by atoms with Gasteiger partial charge in [0.2, 0.25) is 5.95 Å². The highest BCUT2D eigenvalue weighted by atomic mass is 16.5. The van der Waals surface area contributed by atoms with Crippen molar-refractivity contribution in [3.05, 3.63) is 56.9 Å². The predicted molar refractivity (Wildman–Crippen MR) is 111 cm³/mol. The molecule has 10 nitrogen and oxygen atoms in total. The zero-order chi connectivity index (χ0) is 20.7. The van der Waals surface area contributed by atoms with Crippen LogP contribution in [0.3, 0.4) is 0 Å². The molecule has 0 spiro atoms. The number of fused-ring (bicyclic) bond motifs is 2. The Hall–Kier alpha value is -3.95. The Bertz CT molecular complexity index is 1400. The van der Waals surface area contributed by atoms with Gasteiger partial charge in [-0.1, -0.05) is 6.07 Å². The third-order valence-corrected chi connectivity index (χ3v) is 4.75. The summed E-state index contributed by atoms with van der Waals surface area (Å²) >= 11 is 0. The Morgan fingerprint density at radius 3 is 2.59 bits per heavy atom. The van der Waals surface area contributed by atoms with Crippen LogP contribution in [-0.2, 0) is 21.1 Å². The Labute approximate surface area is 164 Å². The zero-order valence-corrected chi connectivity index (χ0v) is 16.4. The first kappa shape index (κ1) is 18.4. The maximum Gasteiger partial charge on any atom is 0.332 e. The molecule has 10 heteroatoms. The average Bonchev–Trinajstić information content (AvgIpc) is 3.06. The van der Waals surface area contributed by atoms with Crippen molar-refractivity contribution >= 4 is 34.2 Å². The SMILES string of the molecule is COc1ccc2nc(/C=N/Nc3nc4c(c(=O)n(C)c(=O)n4C)n3C)ccc2c1. The first-order chi connectivity index (χ1) is 13.9. The van der Waals surface area contributed by atoms with Gasteiger partial charge in [0.1, 0.15) is 5.75 Å². The fraction of sp³-hybridized carbons (Fsp3) is 0.211. The van der Waals surface area contributed by atoms with Gasteiger partial charge in [0.25, 0.3) is 5.56 Å². The summed E-state index contributed by atoms with van der Waals surface area (Å²) in [6.07, 6.45) is 1.56. The van der Waals surface area contributed by atoms with Gasteiger partial charge in [-0.3, -0.25) is 13.9 Å². The first-order valence-corrected chi connectivity index (χ1v) is 8.77. The molecular formula is C19H19N7O3. The number of anilines is 1. The van der Waals surface area contributed by atoms with E-state index in [1.54, 1.807) is 32.0 Å². The normalized spacial score (nSPS) is 11.6. The number of benzene rings is 1. The van der Waals surface area contributed by atoms with Gasteiger partial charge in [0.15, 0.2) is 11.2 Å². The Morgan fingerprint density at radius 2 is 1.83 bits per heavy atom.